The number of carbonyl (C=O) groups is 1. The van der Waals surface area contributed by atoms with Crippen LogP contribution < -0.4 is 15.2 Å². The number of fused-ring (bicyclic) bond motifs is 1. The lowest BCUT2D eigenvalue weighted by Crippen LogP contribution is -2.35. The number of nitrogens with zero attached hydrogens (tertiary/aromatic N) is 1. The normalized spacial score (nSPS) is 13.2. The van der Waals surface area contributed by atoms with Crippen molar-refractivity contribution in [2.75, 3.05) is 21.3 Å². The molecule has 0 bridgehead atoms. The number of nitrogens with two attached hydrogens (primary N) is 1. The van der Waals surface area contributed by atoms with Crippen LogP contribution in [0.2, 0.25) is 0 Å². The number of benzene rings is 1. The molecule has 30 heavy (non-hydrogen) atoms. The average molecular weight is 440 g/mol. The number of esters is 1. The number of hydrogen-bond donors (Lipinski definition) is 3. The van der Waals surface area contributed by atoms with Gasteiger partial charge in [-0.3, -0.25) is 14.3 Å². The van der Waals surface area contributed by atoms with Gasteiger partial charge in [0, 0.05) is 23.6 Å². The quantitative estimate of drug-likeness (QED) is 0.396. The predicted molar refractivity (Wildman–Crippen MR) is 113 cm³/mol. The third-order valence-corrected chi connectivity index (χ3v) is 7.53. The first-order valence-corrected chi connectivity index (χ1v) is 11.1. The summed E-state index contributed by atoms with van der Waals surface area (Å²) in [5.41, 5.74) is 7.17. The van der Waals surface area contributed by atoms with E-state index in [-0.39, 0.29) is 19.3 Å². The molecule has 0 amide bonds. The molecule has 166 valence electrons. The Kier molecular flexibility index (Phi) is 7.47. The first-order chi connectivity index (χ1) is 14.1. The first kappa shape index (κ1) is 24.1. The van der Waals surface area contributed by atoms with Crippen molar-refractivity contribution in [3.8, 4) is 11.5 Å². The molecule has 0 aliphatic heterocycles. The second-order valence-corrected chi connectivity index (χ2v) is 8.94. The lowest BCUT2D eigenvalue weighted by Gasteiger charge is -2.34. The fraction of sp³-hybridized carbons (Fsp3) is 0.500. The van der Waals surface area contributed by atoms with Gasteiger partial charge in [-0.25, -0.2) is 0 Å². The highest BCUT2D eigenvalue weighted by Gasteiger charge is 2.47. The summed E-state index contributed by atoms with van der Waals surface area (Å²) in [6.45, 7) is 3.43. The Morgan fingerprint density at radius 2 is 1.70 bits per heavy atom. The van der Waals surface area contributed by atoms with Gasteiger partial charge in [-0.1, -0.05) is 13.8 Å². The number of ether oxygens (including phenoxy) is 3. The summed E-state index contributed by atoms with van der Waals surface area (Å²) in [5.74, 6) is 0.289. The van der Waals surface area contributed by atoms with E-state index in [1.807, 2.05) is 0 Å². The van der Waals surface area contributed by atoms with Crippen LogP contribution in [0.5, 0.6) is 11.5 Å². The van der Waals surface area contributed by atoms with Crippen LogP contribution in [0.15, 0.2) is 18.2 Å². The Balaban J connectivity index is 2.86. The molecule has 0 spiro atoms. The zero-order chi connectivity index (χ0) is 22.7. The van der Waals surface area contributed by atoms with Crippen molar-refractivity contribution in [3.05, 3.63) is 29.5 Å². The highest BCUT2D eigenvalue weighted by atomic mass is 31.2. The molecule has 0 fully saturated rings. The Morgan fingerprint density at radius 1 is 1.13 bits per heavy atom. The maximum atomic E-state index is 12.6. The Bertz CT molecular complexity index is 969. The zero-order valence-corrected chi connectivity index (χ0v) is 18.7. The molecule has 1 atom stereocenters. The summed E-state index contributed by atoms with van der Waals surface area (Å²) < 4.78 is 28.0. The maximum Gasteiger partial charge on any atom is 0.336 e. The van der Waals surface area contributed by atoms with Gasteiger partial charge in [-0.15, -0.1) is 0 Å². The number of aromatic nitrogens is 1. The van der Waals surface area contributed by atoms with E-state index in [1.54, 1.807) is 32.0 Å². The van der Waals surface area contributed by atoms with Gasteiger partial charge in [0.1, 0.15) is 6.04 Å². The van der Waals surface area contributed by atoms with Crippen molar-refractivity contribution in [1.29, 1.82) is 0 Å². The van der Waals surface area contributed by atoms with E-state index in [0.717, 1.165) is 0 Å². The van der Waals surface area contributed by atoms with Crippen LogP contribution in [0.1, 0.15) is 37.9 Å². The lowest BCUT2D eigenvalue weighted by atomic mass is 9.88. The Morgan fingerprint density at radius 3 is 2.17 bits per heavy atom. The molecule has 0 aliphatic carbocycles. The molecule has 0 radical (unpaired) electrons. The Hall–Kier alpha value is -2.19. The monoisotopic (exact) mass is 440 g/mol. The summed E-state index contributed by atoms with van der Waals surface area (Å²) in [7, 11) is -0.368. The summed E-state index contributed by atoms with van der Waals surface area (Å²) in [4.78, 5) is 37.1. The highest BCUT2D eigenvalue weighted by Crippen LogP contribution is 2.61. The fourth-order valence-corrected chi connectivity index (χ4v) is 5.07. The van der Waals surface area contributed by atoms with Crippen LogP contribution in [0, 0.1) is 0 Å². The molecule has 1 heterocycles. The van der Waals surface area contributed by atoms with Gasteiger partial charge >= 0.3 is 13.6 Å². The maximum absolute atomic E-state index is 12.6. The van der Waals surface area contributed by atoms with Gasteiger partial charge in [0.05, 0.1) is 32.0 Å². The van der Waals surface area contributed by atoms with E-state index in [2.05, 4.69) is 4.98 Å². The van der Waals surface area contributed by atoms with Gasteiger partial charge in [-0.05, 0) is 30.5 Å². The molecule has 0 saturated carbocycles. The molecule has 10 heteroatoms. The lowest BCUT2D eigenvalue weighted by molar-refractivity contribution is -0.142. The van der Waals surface area contributed by atoms with E-state index >= 15 is 0 Å². The third-order valence-electron chi connectivity index (χ3n) is 5.54. The number of methoxy groups -OCH3 is 3. The van der Waals surface area contributed by atoms with Crippen LogP contribution in [-0.4, -0.2) is 48.1 Å². The molecule has 9 nitrogen and oxygen atoms in total. The molecule has 1 unspecified atom stereocenters. The molecule has 2 rings (SSSR count). The van der Waals surface area contributed by atoms with Crippen molar-refractivity contribution in [3.63, 3.8) is 0 Å². The van der Waals surface area contributed by atoms with Gasteiger partial charge in [0.25, 0.3) is 0 Å². The molecule has 0 saturated heterocycles. The van der Waals surface area contributed by atoms with Gasteiger partial charge < -0.3 is 29.7 Å². The van der Waals surface area contributed by atoms with E-state index in [0.29, 0.717) is 33.7 Å². The van der Waals surface area contributed by atoms with Crippen molar-refractivity contribution in [1.82, 2.24) is 4.98 Å². The number of pyridine rings is 1. The summed E-state index contributed by atoms with van der Waals surface area (Å²) >= 11 is 0. The predicted octanol–water partition coefficient (Wildman–Crippen LogP) is 2.49. The van der Waals surface area contributed by atoms with Crippen molar-refractivity contribution >= 4 is 24.5 Å². The summed E-state index contributed by atoms with van der Waals surface area (Å²) in [6, 6.07) is 4.03. The van der Waals surface area contributed by atoms with Crippen LogP contribution in [0.3, 0.4) is 0 Å². The van der Waals surface area contributed by atoms with Crippen LogP contribution in [0.25, 0.3) is 10.9 Å². The van der Waals surface area contributed by atoms with Crippen molar-refractivity contribution < 1.29 is 33.4 Å². The van der Waals surface area contributed by atoms with Crippen molar-refractivity contribution in [2.45, 2.75) is 44.3 Å². The molecular formula is C20H29N2O7P. The van der Waals surface area contributed by atoms with E-state index in [1.165, 1.54) is 21.3 Å². The highest BCUT2D eigenvalue weighted by molar-refractivity contribution is 7.53. The van der Waals surface area contributed by atoms with Gasteiger partial charge in [-0.2, -0.15) is 0 Å². The molecule has 1 aromatic carbocycles. The largest absolute Gasteiger partial charge is 0.493 e. The first-order valence-electron chi connectivity index (χ1n) is 9.53. The van der Waals surface area contributed by atoms with Crippen LogP contribution in [0.4, 0.5) is 0 Å². The van der Waals surface area contributed by atoms with Gasteiger partial charge in [0.2, 0.25) is 0 Å². The second kappa shape index (κ2) is 9.31. The molecule has 4 N–H and O–H groups in total. The number of carbonyl (C=O) groups excluding carboxylic acids is 1. The molecule has 2 aromatic rings. The third kappa shape index (κ3) is 4.30. The second-order valence-electron chi connectivity index (χ2n) is 7.00. The summed E-state index contributed by atoms with van der Waals surface area (Å²) in [6.07, 6.45) is 0.317. The average Bonchev–Trinajstić information content (AvgIpc) is 2.72. The Labute approximate surface area is 175 Å². The van der Waals surface area contributed by atoms with E-state index in [4.69, 9.17) is 19.9 Å². The number of rotatable bonds is 9. The minimum absolute atomic E-state index is 0.0337. The minimum Gasteiger partial charge on any atom is -0.493 e. The zero-order valence-electron chi connectivity index (χ0n) is 17.8. The van der Waals surface area contributed by atoms with Gasteiger partial charge in [0.15, 0.2) is 11.5 Å². The molecule has 0 aliphatic rings. The number of hydrogen-bond acceptors (Lipinski definition) is 7. The smallest absolute Gasteiger partial charge is 0.336 e. The fourth-order valence-electron chi connectivity index (χ4n) is 3.74. The SMILES string of the molecule is CCC(CC)(c1cc2cc(OC)c(OC)cc2nc1CC(N)C(=O)OC)P(=O)(O)O. The van der Waals surface area contributed by atoms with Crippen molar-refractivity contribution in [2.24, 2.45) is 5.73 Å². The molecular weight excluding hydrogens is 411 g/mol. The standard InChI is InChI=1S/C20H29N2O7P/c1-6-20(7-2,30(24,25)26)13-8-12-9-17(27-3)18(28-4)11-15(12)22-16(13)10-14(21)19(23)29-5/h8-9,11,14H,6-7,10,21H2,1-5H3,(H2,24,25,26). The van der Waals surface area contributed by atoms with Crippen LogP contribution in [-0.2, 0) is 25.7 Å². The van der Waals surface area contributed by atoms with Crippen LogP contribution >= 0.6 is 7.60 Å². The van der Waals surface area contributed by atoms with E-state index in [9.17, 15) is 19.1 Å². The summed E-state index contributed by atoms with van der Waals surface area (Å²) in [5, 5.41) is -0.843. The molecule has 1 aromatic heterocycles. The minimum atomic E-state index is -4.59. The van der Waals surface area contributed by atoms with E-state index < -0.39 is 24.8 Å². The topological polar surface area (TPSA) is 141 Å².